The van der Waals surface area contributed by atoms with Crippen LogP contribution in [-0.2, 0) is 25.5 Å². The van der Waals surface area contributed by atoms with Crippen molar-refractivity contribution in [3.8, 4) is 5.75 Å². The van der Waals surface area contributed by atoms with E-state index in [1.807, 2.05) is 26.0 Å². The van der Waals surface area contributed by atoms with Crippen molar-refractivity contribution in [2.24, 2.45) is 0 Å². The second kappa shape index (κ2) is 9.74. The second-order valence-electron chi connectivity index (χ2n) is 7.65. The maximum atomic E-state index is 12.7. The molecule has 0 aliphatic heterocycles. The third kappa shape index (κ3) is 5.81. The minimum Gasteiger partial charge on any atom is -0.496 e. The highest BCUT2D eigenvalue weighted by atomic mass is 32.2. The molecule has 29 heavy (non-hydrogen) atoms. The van der Waals surface area contributed by atoms with Crippen LogP contribution in [0, 0.1) is 13.8 Å². The summed E-state index contributed by atoms with van der Waals surface area (Å²) in [4.78, 5) is 0.195. The Hall–Kier alpha value is -1.89. The van der Waals surface area contributed by atoms with Gasteiger partial charge >= 0.3 is 0 Å². The van der Waals surface area contributed by atoms with Gasteiger partial charge < -0.3 is 9.47 Å². The fourth-order valence-corrected chi connectivity index (χ4v) is 4.84. The molecule has 6 heteroatoms. The van der Waals surface area contributed by atoms with Gasteiger partial charge in [0.15, 0.2) is 0 Å². The standard InChI is InChI=1S/C23H30O5S/c1-17-8-11-20(12-9-17)29(24,25)28-23-7-5-4-6-22(23)27-15-14-19-10-13-21(26-3)18(2)16-19/h8-13,16,22-23H,4-7,14-15H2,1-3H3/t22-,23+/m0/s1. The molecule has 2 aromatic rings. The molecule has 0 saturated heterocycles. The molecule has 3 rings (SSSR count). The quantitative estimate of drug-likeness (QED) is 0.587. The second-order valence-corrected chi connectivity index (χ2v) is 9.22. The Kier molecular flexibility index (Phi) is 7.33. The lowest BCUT2D eigenvalue weighted by atomic mass is 9.95. The molecule has 1 aliphatic rings. The first-order valence-electron chi connectivity index (χ1n) is 10.1. The minimum atomic E-state index is -3.79. The van der Waals surface area contributed by atoms with Crippen LogP contribution in [0.15, 0.2) is 47.4 Å². The monoisotopic (exact) mass is 418 g/mol. The van der Waals surface area contributed by atoms with Crippen molar-refractivity contribution in [1.29, 1.82) is 0 Å². The summed E-state index contributed by atoms with van der Waals surface area (Å²) in [6, 6.07) is 12.8. The maximum absolute atomic E-state index is 12.7. The molecule has 0 spiro atoms. The normalized spacial score (nSPS) is 19.8. The number of benzene rings is 2. The molecular formula is C23H30O5S. The molecule has 0 radical (unpaired) electrons. The lowest BCUT2D eigenvalue weighted by Gasteiger charge is -2.30. The molecule has 2 aromatic carbocycles. The van der Waals surface area contributed by atoms with Gasteiger partial charge in [-0.05, 0) is 62.4 Å². The summed E-state index contributed by atoms with van der Waals surface area (Å²) in [5, 5.41) is 0. The molecule has 0 aromatic heterocycles. The van der Waals surface area contributed by atoms with Crippen LogP contribution in [0.4, 0.5) is 0 Å². The SMILES string of the molecule is COc1ccc(CCO[C@H]2CCCC[C@H]2OS(=O)(=O)c2ccc(C)cc2)cc1C. The van der Waals surface area contributed by atoms with Crippen LogP contribution < -0.4 is 4.74 Å². The van der Waals surface area contributed by atoms with Crippen LogP contribution in [0.1, 0.15) is 42.4 Å². The lowest BCUT2D eigenvalue weighted by molar-refractivity contribution is -0.0440. The summed E-state index contributed by atoms with van der Waals surface area (Å²) in [7, 11) is -2.13. The Labute approximate surface area is 174 Å². The van der Waals surface area contributed by atoms with Crippen LogP contribution in [0.5, 0.6) is 5.75 Å². The maximum Gasteiger partial charge on any atom is 0.297 e. The summed E-state index contributed by atoms with van der Waals surface area (Å²) >= 11 is 0. The van der Waals surface area contributed by atoms with Gasteiger partial charge in [-0.2, -0.15) is 8.42 Å². The highest BCUT2D eigenvalue weighted by Gasteiger charge is 2.31. The van der Waals surface area contributed by atoms with Gasteiger partial charge in [-0.25, -0.2) is 0 Å². The number of aryl methyl sites for hydroxylation is 2. The average Bonchev–Trinajstić information content (AvgIpc) is 2.69. The van der Waals surface area contributed by atoms with E-state index >= 15 is 0 Å². The number of hydrogen-bond acceptors (Lipinski definition) is 5. The molecule has 1 aliphatic carbocycles. The molecule has 1 fully saturated rings. The predicted octanol–water partition coefficient (Wildman–Crippen LogP) is 4.59. The van der Waals surface area contributed by atoms with E-state index in [9.17, 15) is 8.42 Å². The van der Waals surface area contributed by atoms with E-state index in [1.165, 1.54) is 5.56 Å². The lowest BCUT2D eigenvalue weighted by Crippen LogP contribution is -2.36. The van der Waals surface area contributed by atoms with Crippen molar-refractivity contribution in [3.05, 3.63) is 59.2 Å². The molecule has 2 atom stereocenters. The average molecular weight is 419 g/mol. The number of methoxy groups -OCH3 is 1. The molecule has 0 heterocycles. The van der Waals surface area contributed by atoms with E-state index in [0.717, 1.165) is 42.6 Å². The van der Waals surface area contributed by atoms with E-state index in [-0.39, 0.29) is 11.0 Å². The molecule has 0 amide bonds. The Morgan fingerprint density at radius 1 is 0.966 bits per heavy atom. The fraction of sp³-hybridized carbons (Fsp3) is 0.478. The van der Waals surface area contributed by atoms with Crippen molar-refractivity contribution >= 4 is 10.1 Å². The van der Waals surface area contributed by atoms with Gasteiger partial charge in [0.2, 0.25) is 0 Å². The first-order valence-corrected chi connectivity index (χ1v) is 11.5. The van der Waals surface area contributed by atoms with Gasteiger partial charge in [0.05, 0.1) is 24.7 Å². The van der Waals surface area contributed by atoms with Crippen molar-refractivity contribution in [3.63, 3.8) is 0 Å². The van der Waals surface area contributed by atoms with Gasteiger partial charge in [0.25, 0.3) is 10.1 Å². The van der Waals surface area contributed by atoms with Gasteiger partial charge in [-0.3, -0.25) is 4.18 Å². The van der Waals surface area contributed by atoms with Crippen LogP contribution in [-0.4, -0.2) is 34.3 Å². The Balaban J connectivity index is 1.59. The highest BCUT2D eigenvalue weighted by Crippen LogP contribution is 2.28. The zero-order valence-electron chi connectivity index (χ0n) is 17.4. The van der Waals surface area contributed by atoms with E-state index in [4.69, 9.17) is 13.7 Å². The summed E-state index contributed by atoms with van der Waals surface area (Å²) in [5.41, 5.74) is 3.27. The fourth-order valence-electron chi connectivity index (χ4n) is 3.71. The summed E-state index contributed by atoms with van der Waals surface area (Å²) < 4.78 is 42.3. The van der Waals surface area contributed by atoms with Crippen LogP contribution >= 0.6 is 0 Å². The largest absolute Gasteiger partial charge is 0.496 e. The molecule has 158 valence electrons. The minimum absolute atomic E-state index is 0.195. The van der Waals surface area contributed by atoms with Gasteiger partial charge in [-0.15, -0.1) is 0 Å². The molecule has 1 saturated carbocycles. The van der Waals surface area contributed by atoms with Crippen LogP contribution in [0.2, 0.25) is 0 Å². The van der Waals surface area contributed by atoms with E-state index in [0.29, 0.717) is 13.0 Å². The van der Waals surface area contributed by atoms with Gasteiger partial charge in [0, 0.05) is 0 Å². The summed E-state index contributed by atoms with van der Waals surface area (Å²) in [5.74, 6) is 0.872. The molecule has 0 unspecified atom stereocenters. The van der Waals surface area contributed by atoms with Crippen LogP contribution in [0.25, 0.3) is 0 Å². The van der Waals surface area contributed by atoms with Crippen molar-refractivity contribution in [2.45, 2.75) is 63.1 Å². The molecule has 0 N–H and O–H groups in total. The predicted molar refractivity (Wildman–Crippen MR) is 113 cm³/mol. The van der Waals surface area contributed by atoms with Crippen molar-refractivity contribution in [1.82, 2.24) is 0 Å². The first kappa shape index (κ1) is 21.8. The summed E-state index contributed by atoms with van der Waals surface area (Å²) in [6.07, 6.45) is 3.60. The van der Waals surface area contributed by atoms with E-state index in [2.05, 4.69) is 6.07 Å². The van der Waals surface area contributed by atoms with Crippen molar-refractivity contribution < 1.29 is 22.1 Å². The van der Waals surface area contributed by atoms with Gasteiger partial charge in [-0.1, -0.05) is 42.7 Å². The van der Waals surface area contributed by atoms with E-state index < -0.39 is 16.2 Å². The zero-order chi connectivity index (χ0) is 20.9. The van der Waals surface area contributed by atoms with Gasteiger partial charge in [0.1, 0.15) is 11.9 Å². The molecule has 5 nitrogen and oxygen atoms in total. The Bertz CT molecular complexity index is 905. The Morgan fingerprint density at radius 3 is 2.31 bits per heavy atom. The third-order valence-electron chi connectivity index (χ3n) is 5.38. The Morgan fingerprint density at radius 2 is 1.66 bits per heavy atom. The zero-order valence-corrected chi connectivity index (χ0v) is 18.2. The highest BCUT2D eigenvalue weighted by molar-refractivity contribution is 7.86. The van der Waals surface area contributed by atoms with Crippen molar-refractivity contribution in [2.75, 3.05) is 13.7 Å². The summed E-state index contributed by atoms with van der Waals surface area (Å²) in [6.45, 7) is 4.47. The van der Waals surface area contributed by atoms with Crippen LogP contribution in [0.3, 0.4) is 0 Å². The third-order valence-corrected chi connectivity index (χ3v) is 6.73. The molecule has 0 bridgehead atoms. The number of ether oxygens (including phenoxy) is 2. The van der Waals surface area contributed by atoms with E-state index in [1.54, 1.807) is 31.4 Å². The molecular weight excluding hydrogens is 388 g/mol. The smallest absolute Gasteiger partial charge is 0.297 e. The number of hydrogen-bond donors (Lipinski definition) is 0. The topological polar surface area (TPSA) is 61.8 Å². The first-order chi connectivity index (χ1) is 13.9. The number of rotatable bonds is 8.